The molecule has 2 fully saturated rings. The van der Waals surface area contributed by atoms with Crippen LogP contribution in [0.3, 0.4) is 0 Å². The minimum absolute atomic E-state index is 0.0881. The molecule has 170 valence electrons. The zero-order valence-electron chi connectivity index (χ0n) is 19.2. The van der Waals surface area contributed by atoms with Gasteiger partial charge < -0.3 is 19.9 Å². The highest BCUT2D eigenvalue weighted by Gasteiger charge is 2.45. The van der Waals surface area contributed by atoms with Crippen LogP contribution in [0.25, 0.3) is 0 Å². The van der Waals surface area contributed by atoms with Gasteiger partial charge in [-0.25, -0.2) is 9.78 Å². The zero-order valence-corrected chi connectivity index (χ0v) is 19.2. The zero-order chi connectivity index (χ0) is 22.9. The van der Waals surface area contributed by atoms with Gasteiger partial charge in [0, 0.05) is 32.1 Å². The molecular formula is C24H31N5O3. The van der Waals surface area contributed by atoms with Crippen molar-refractivity contribution in [2.75, 3.05) is 24.5 Å². The molecular weight excluding hydrogens is 406 g/mol. The standard InChI is InChI=1S/C24H31N5O3/c1-16-7-5-6-8-17(16)11-26-22(30)19-12-25-13-21(27-19)28-14-18-9-10-29(20(18)15-28)23(31)32-24(2,3)4/h5-8,12-13,18,20H,9-11,14-15H2,1-4H3,(H,26,30). The van der Waals surface area contributed by atoms with Crippen LogP contribution >= 0.6 is 0 Å². The number of aryl methyl sites for hydroxylation is 1. The van der Waals surface area contributed by atoms with Gasteiger partial charge in [-0.05, 0) is 45.2 Å². The van der Waals surface area contributed by atoms with E-state index < -0.39 is 5.60 Å². The summed E-state index contributed by atoms with van der Waals surface area (Å²) in [5, 5.41) is 2.93. The molecule has 0 bridgehead atoms. The Bertz CT molecular complexity index is 1000. The fourth-order valence-corrected chi connectivity index (χ4v) is 4.39. The second-order valence-electron chi connectivity index (χ2n) is 9.57. The van der Waals surface area contributed by atoms with Crippen LogP contribution < -0.4 is 10.2 Å². The third-order valence-electron chi connectivity index (χ3n) is 6.05. The minimum Gasteiger partial charge on any atom is -0.444 e. The summed E-state index contributed by atoms with van der Waals surface area (Å²) in [6.07, 6.45) is 3.84. The van der Waals surface area contributed by atoms with Crippen molar-refractivity contribution < 1.29 is 14.3 Å². The summed E-state index contributed by atoms with van der Waals surface area (Å²) in [5.41, 5.74) is 1.97. The number of carbonyl (C=O) groups excluding carboxylic acids is 2. The normalized spacial score (nSPS) is 20.2. The number of ether oxygens (including phenoxy) is 1. The van der Waals surface area contributed by atoms with Crippen LogP contribution in [0.2, 0.25) is 0 Å². The van der Waals surface area contributed by atoms with Gasteiger partial charge >= 0.3 is 6.09 Å². The number of aromatic nitrogens is 2. The first-order valence-electron chi connectivity index (χ1n) is 11.1. The van der Waals surface area contributed by atoms with E-state index in [4.69, 9.17) is 4.74 Å². The lowest BCUT2D eigenvalue weighted by molar-refractivity contribution is 0.0229. The maximum absolute atomic E-state index is 12.7. The molecule has 1 aromatic carbocycles. The van der Waals surface area contributed by atoms with E-state index in [2.05, 4.69) is 20.2 Å². The number of anilines is 1. The second kappa shape index (κ2) is 8.76. The molecule has 2 amide bonds. The second-order valence-corrected chi connectivity index (χ2v) is 9.57. The van der Waals surface area contributed by atoms with Crippen LogP contribution in [0.1, 0.15) is 48.8 Å². The van der Waals surface area contributed by atoms with Crippen LogP contribution in [0.15, 0.2) is 36.7 Å². The maximum Gasteiger partial charge on any atom is 0.410 e. The monoisotopic (exact) mass is 437 g/mol. The molecule has 3 heterocycles. The number of nitrogens with one attached hydrogen (secondary N) is 1. The summed E-state index contributed by atoms with van der Waals surface area (Å²) < 4.78 is 5.58. The molecule has 8 heteroatoms. The van der Waals surface area contributed by atoms with Crippen molar-refractivity contribution in [3.8, 4) is 0 Å². The summed E-state index contributed by atoms with van der Waals surface area (Å²) >= 11 is 0. The smallest absolute Gasteiger partial charge is 0.410 e. The van der Waals surface area contributed by atoms with Gasteiger partial charge in [0.15, 0.2) is 0 Å². The number of fused-ring (bicyclic) bond motifs is 1. The number of benzene rings is 1. The molecule has 2 atom stereocenters. The lowest BCUT2D eigenvalue weighted by Gasteiger charge is -2.28. The molecule has 2 aromatic rings. The molecule has 2 saturated heterocycles. The Morgan fingerprint density at radius 2 is 1.97 bits per heavy atom. The Hall–Kier alpha value is -3.16. The lowest BCUT2D eigenvalue weighted by Crippen LogP contribution is -2.42. The van der Waals surface area contributed by atoms with Gasteiger partial charge in [-0.1, -0.05) is 24.3 Å². The largest absolute Gasteiger partial charge is 0.444 e. The van der Waals surface area contributed by atoms with Gasteiger partial charge in [0.1, 0.15) is 17.1 Å². The van der Waals surface area contributed by atoms with Crippen LogP contribution in [-0.4, -0.2) is 58.1 Å². The number of hydrogen-bond acceptors (Lipinski definition) is 6. The highest BCUT2D eigenvalue weighted by molar-refractivity contribution is 5.92. The van der Waals surface area contributed by atoms with Crippen molar-refractivity contribution >= 4 is 17.8 Å². The highest BCUT2D eigenvalue weighted by atomic mass is 16.6. The maximum atomic E-state index is 12.7. The minimum atomic E-state index is -0.515. The van der Waals surface area contributed by atoms with Gasteiger partial charge in [0.25, 0.3) is 5.91 Å². The van der Waals surface area contributed by atoms with Gasteiger partial charge in [0.05, 0.1) is 18.4 Å². The summed E-state index contributed by atoms with van der Waals surface area (Å²) in [6, 6.07) is 8.04. The Kier molecular flexibility index (Phi) is 6.04. The third-order valence-corrected chi connectivity index (χ3v) is 6.05. The van der Waals surface area contributed by atoms with Crippen LogP contribution in [0.5, 0.6) is 0 Å². The number of amides is 2. The summed E-state index contributed by atoms with van der Waals surface area (Å²) in [5.74, 6) is 0.771. The molecule has 2 unspecified atom stereocenters. The van der Waals surface area contributed by atoms with E-state index >= 15 is 0 Å². The van der Waals surface area contributed by atoms with E-state index in [0.29, 0.717) is 31.4 Å². The molecule has 8 nitrogen and oxygen atoms in total. The molecule has 2 aliphatic rings. The van der Waals surface area contributed by atoms with Crippen LogP contribution in [-0.2, 0) is 11.3 Å². The SMILES string of the molecule is Cc1ccccc1CNC(=O)c1cncc(N2CC3CCN(C(=O)OC(C)(C)C)C3C2)n1. The van der Waals surface area contributed by atoms with Crippen molar-refractivity contribution in [2.45, 2.75) is 52.3 Å². The molecule has 0 saturated carbocycles. The van der Waals surface area contributed by atoms with Gasteiger partial charge in [-0.3, -0.25) is 9.78 Å². The van der Waals surface area contributed by atoms with E-state index in [1.807, 2.05) is 56.9 Å². The fraction of sp³-hybridized carbons (Fsp3) is 0.500. The fourth-order valence-electron chi connectivity index (χ4n) is 4.39. The van der Waals surface area contributed by atoms with E-state index in [1.165, 1.54) is 6.20 Å². The quantitative estimate of drug-likeness (QED) is 0.791. The topological polar surface area (TPSA) is 87.7 Å². The van der Waals surface area contributed by atoms with Crippen molar-refractivity contribution in [1.82, 2.24) is 20.2 Å². The Labute approximate surface area is 189 Å². The van der Waals surface area contributed by atoms with Gasteiger partial charge in [-0.2, -0.15) is 0 Å². The Morgan fingerprint density at radius 1 is 1.19 bits per heavy atom. The first kappa shape index (κ1) is 22.0. The van der Waals surface area contributed by atoms with E-state index in [0.717, 1.165) is 24.1 Å². The Balaban J connectivity index is 1.40. The van der Waals surface area contributed by atoms with E-state index in [9.17, 15) is 9.59 Å². The first-order valence-corrected chi connectivity index (χ1v) is 11.1. The van der Waals surface area contributed by atoms with Crippen molar-refractivity contribution in [3.05, 3.63) is 53.5 Å². The number of nitrogens with zero attached hydrogens (tertiary/aromatic N) is 4. The summed E-state index contributed by atoms with van der Waals surface area (Å²) in [7, 11) is 0. The van der Waals surface area contributed by atoms with E-state index in [-0.39, 0.29) is 23.7 Å². The number of hydrogen-bond donors (Lipinski definition) is 1. The molecule has 0 radical (unpaired) electrons. The number of rotatable bonds is 4. The van der Waals surface area contributed by atoms with Crippen molar-refractivity contribution in [1.29, 1.82) is 0 Å². The molecule has 32 heavy (non-hydrogen) atoms. The number of likely N-dealkylation sites (tertiary alicyclic amines) is 1. The molecule has 1 aromatic heterocycles. The summed E-state index contributed by atoms with van der Waals surface area (Å²) in [4.78, 5) is 38.0. The van der Waals surface area contributed by atoms with Gasteiger partial charge in [-0.15, -0.1) is 0 Å². The van der Waals surface area contributed by atoms with Crippen LogP contribution in [0, 0.1) is 12.8 Å². The average molecular weight is 438 g/mol. The molecule has 4 rings (SSSR count). The molecule has 0 spiro atoms. The van der Waals surface area contributed by atoms with Crippen molar-refractivity contribution in [3.63, 3.8) is 0 Å². The van der Waals surface area contributed by atoms with E-state index in [1.54, 1.807) is 6.20 Å². The highest BCUT2D eigenvalue weighted by Crippen LogP contribution is 2.34. The first-order chi connectivity index (χ1) is 15.2. The van der Waals surface area contributed by atoms with Crippen LogP contribution in [0.4, 0.5) is 10.6 Å². The lowest BCUT2D eigenvalue weighted by atomic mass is 10.1. The van der Waals surface area contributed by atoms with Gasteiger partial charge in [0.2, 0.25) is 0 Å². The Morgan fingerprint density at radius 3 is 2.72 bits per heavy atom. The average Bonchev–Trinajstić information content (AvgIpc) is 3.32. The molecule has 2 aliphatic heterocycles. The van der Waals surface area contributed by atoms with Crippen molar-refractivity contribution in [2.24, 2.45) is 5.92 Å². The predicted molar refractivity (Wildman–Crippen MR) is 121 cm³/mol. The predicted octanol–water partition coefficient (Wildman–Crippen LogP) is 3.16. The summed E-state index contributed by atoms with van der Waals surface area (Å²) in [6.45, 7) is 10.3. The third kappa shape index (κ3) is 4.84. The number of carbonyl (C=O) groups is 2. The molecule has 1 N–H and O–H groups in total. The molecule has 0 aliphatic carbocycles.